The molecule has 9 heteroatoms. The second-order valence-corrected chi connectivity index (χ2v) is 6.43. The predicted octanol–water partition coefficient (Wildman–Crippen LogP) is 3.15. The van der Waals surface area contributed by atoms with Gasteiger partial charge in [0.15, 0.2) is 16.1 Å². The summed E-state index contributed by atoms with van der Waals surface area (Å²) in [5, 5.41) is 10.0. The number of anilines is 1. The van der Waals surface area contributed by atoms with Gasteiger partial charge in [0.05, 0.1) is 18.0 Å². The van der Waals surface area contributed by atoms with Crippen LogP contribution in [0.3, 0.4) is 0 Å². The zero-order chi connectivity index (χ0) is 15.9. The highest BCUT2D eigenvalue weighted by molar-refractivity contribution is 7.98. The van der Waals surface area contributed by atoms with Gasteiger partial charge in [0.25, 0.3) is 0 Å². The smallest absolute Gasteiger partial charge is 0.189 e. The van der Waals surface area contributed by atoms with Crippen LogP contribution in [0, 0.1) is 5.82 Å². The minimum Gasteiger partial charge on any atom is -0.394 e. The topological polar surface area (TPSA) is 62.1 Å². The van der Waals surface area contributed by atoms with Crippen LogP contribution in [0.15, 0.2) is 5.16 Å². The molecule has 1 aliphatic heterocycles. The number of rotatable bonds is 3. The van der Waals surface area contributed by atoms with E-state index in [1.54, 1.807) is 6.26 Å². The SMILES string of the molecule is CSc1nc(N2CCC[C@@H]2CO)c2c(Cl)nc(Cl)c(F)c2n1. The van der Waals surface area contributed by atoms with Crippen LogP contribution < -0.4 is 4.90 Å². The summed E-state index contributed by atoms with van der Waals surface area (Å²) in [5.41, 5.74) is 0.0583. The molecule has 1 atom stereocenters. The monoisotopic (exact) mass is 362 g/mol. The number of hydrogen-bond acceptors (Lipinski definition) is 6. The van der Waals surface area contributed by atoms with Crippen LogP contribution in [0.1, 0.15) is 12.8 Å². The maximum atomic E-state index is 14.3. The molecule has 5 nitrogen and oxygen atoms in total. The first kappa shape index (κ1) is 16.0. The number of aliphatic hydroxyl groups is 1. The Morgan fingerprint density at radius 1 is 1.32 bits per heavy atom. The summed E-state index contributed by atoms with van der Waals surface area (Å²) in [6.45, 7) is 0.715. The van der Waals surface area contributed by atoms with Crippen LogP contribution in [0.2, 0.25) is 10.3 Å². The summed E-state index contributed by atoms with van der Waals surface area (Å²) in [5.74, 6) is -0.210. The molecule has 2 aromatic rings. The van der Waals surface area contributed by atoms with Crippen molar-refractivity contribution in [1.29, 1.82) is 0 Å². The summed E-state index contributed by atoms with van der Waals surface area (Å²) < 4.78 is 14.3. The van der Waals surface area contributed by atoms with Crippen molar-refractivity contribution in [2.75, 3.05) is 24.3 Å². The molecule has 0 unspecified atom stereocenters. The molecular formula is C13H13Cl2FN4OS. The number of aromatic nitrogens is 3. The fourth-order valence-corrected chi connectivity index (χ4v) is 3.51. The van der Waals surface area contributed by atoms with Crippen LogP contribution in [0.5, 0.6) is 0 Å². The van der Waals surface area contributed by atoms with Gasteiger partial charge in [-0.15, -0.1) is 0 Å². The van der Waals surface area contributed by atoms with E-state index < -0.39 is 5.82 Å². The van der Waals surface area contributed by atoms with E-state index in [1.165, 1.54) is 11.8 Å². The summed E-state index contributed by atoms with van der Waals surface area (Å²) in [6, 6.07) is -0.0670. The van der Waals surface area contributed by atoms with E-state index in [0.29, 0.717) is 22.9 Å². The quantitative estimate of drug-likeness (QED) is 0.514. The lowest BCUT2D eigenvalue weighted by Gasteiger charge is -2.25. The molecule has 0 radical (unpaired) electrons. The highest BCUT2D eigenvalue weighted by Gasteiger charge is 2.29. The first-order chi connectivity index (χ1) is 10.6. The summed E-state index contributed by atoms with van der Waals surface area (Å²) >= 11 is 13.2. The van der Waals surface area contributed by atoms with Gasteiger partial charge in [0, 0.05) is 6.54 Å². The molecular weight excluding hydrogens is 350 g/mol. The van der Waals surface area contributed by atoms with Gasteiger partial charge in [-0.05, 0) is 19.1 Å². The lowest BCUT2D eigenvalue weighted by molar-refractivity contribution is 0.266. The van der Waals surface area contributed by atoms with Gasteiger partial charge in [-0.25, -0.2) is 19.3 Å². The first-order valence-electron chi connectivity index (χ1n) is 6.70. The molecule has 0 amide bonds. The zero-order valence-corrected chi connectivity index (χ0v) is 14.0. The van der Waals surface area contributed by atoms with Gasteiger partial charge in [-0.3, -0.25) is 0 Å². The van der Waals surface area contributed by atoms with Gasteiger partial charge >= 0.3 is 0 Å². The fraction of sp³-hybridized carbons (Fsp3) is 0.462. The Balaban J connectivity index is 2.30. The first-order valence-corrected chi connectivity index (χ1v) is 8.68. The van der Waals surface area contributed by atoms with Crippen molar-refractivity contribution in [3.63, 3.8) is 0 Å². The van der Waals surface area contributed by atoms with Crippen LogP contribution in [-0.2, 0) is 0 Å². The Kier molecular flexibility index (Phi) is 4.59. The largest absolute Gasteiger partial charge is 0.394 e. The van der Waals surface area contributed by atoms with Gasteiger partial charge < -0.3 is 10.0 Å². The predicted molar refractivity (Wildman–Crippen MR) is 86.5 cm³/mol. The molecule has 3 heterocycles. The Morgan fingerprint density at radius 3 is 2.77 bits per heavy atom. The van der Waals surface area contributed by atoms with Crippen LogP contribution >= 0.6 is 35.0 Å². The number of fused-ring (bicyclic) bond motifs is 1. The fourth-order valence-electron chi connectivity index (χ4n) is 2.67. The Hall–Kier alpha value is -0.890. The third kappa shape index (κ3) is 2.60. The Bertz CT molecular complexity index is 733. The number of hydrogen-bond donors (Lipinski definition) is 1. The Labute approximate surface area is 140 Å². The number of pyridine rings is 1. The summed E-state index contributed by atoms with van der Waals surface area (Å²) in [4.78, 5) is 14.4. The third-order valence-electron chi connectivity index (χ3n) is 3.70. The second kappa shape index (κ2) is 6.31. The van der Waals surface area contributed by atoms with Crippen LogP contribution in [-0.4, -0.2) is 45.5 Å². The normalized spacial score (nSPS) is 18.4. The standard InChI is InChI=1S/C13H13Cl2FN4OS/c1-22-13-17-9-7(10(14)18-11(15)8(9)16)12(19-13)20-4-2-3-6(20)5-21/h6,21H,2-5H2,1H3/t6-/m1/s1. The van der Waals surface area contributed by atoms with E-state index in [-0.39, 0.29) is 28.5 Å². The maximum Gasteiger partial charge on any atom is 0.189 e. The highest BCUT2D eigenvalue weighted by Crippen LogP contribution is 2.37. The van der Waals surface area contributed by atoms with Crippen molar-refractivity contribution in [2.24, 2.45) is 0 Å². The Morgan fingerprint density at radius 2 is 2.09 bits per heavy atom. The minimum absolute atomic E-state index is 0.00121. The molecule has 22 heavy (non-hydrogen) atoms. The van der Waals surface area contributed by atoms with E-state index in [4.69, 9.17) is 23.2 Å². The molecule has 0 aliphatic carbocycles. The van der Waals surface area contributed by atoms with Gasteiger partial charge in [0.2, 0.25) is 0 Å². The molecule has 0 spiro atoms. The molecule has 0 saturated carbocycles. The molecule has 3 rings (SSSR count). The maximum absolute atomic E-state index is 14.3. The zero-order valence-electron chi connectivity index (χ0n) is 11.7. The average molecular weight is 363 g/mol. The van der Waals surface area contributed by atoms with E-state index in [0.717, 1.165) is 12.8 Å². The highest BCUT2D eigenvalue weighted by atomic mass is 35.5. The summed E-state index contributed by atoms with van der Waals surface area (Å²) in [7, 11) is 0. The van der Waals surface area contributed by atoms with Crippen LogP contribution in [0.4, 0.5) is 10.2 Å². The summed E-state index contributed by atoms with van der Waals surface area (Å²) in [6.07, 6.45) is 3.57. The molecule has 1 saturated heterocycles. The molecule has 0 bridgehead atoms. The molecule has 1 fully saturated rings. The van der Waals surface area contributed by atoms with Crippen molar-refractivity contribution in [3.05, 3.63) is 16.1 Å². The molecule has 1 aliphatic rings. The van der Waals surface area contributed by atoms with E-state index in [1.807, 2.05) is 4.90 Å². The van der Waals surface area contributed by atoms with Gasteiger partial charge in [-0.2, -0.15) is 0 Å². The average Bonchev–Trinajstić information content (AvgIpc) is 2.99. The molecule has 2 aromatic heterocycles. The second-order valence-electron chi connectivity index (χ2n) is 4.94. The van der Waals surface area contributed by atoms with Crippen molar-refractivity contribution in [3.8, 4) is 0 Å². The number of aliphatic hydroxyl groups excluding tert-OH is 1. The van der Waals surface area contributed by atoms with E-state index in [9.17, 15) is 9.50 Å². The van der Waals surface area contributed by atoms with Crippen molar-refractivity contribution in [2.45, 2.75) is 24.0 Å². The lowest BCUT2D eigenvalue weighted by Crippen LogP contribution is -2.33. The number of thioether (sulfide) groups is 1. The third-order valence-corrected chi connectivity index (χ3v) is 4.78. The van der Waals surface area contributed by atoms with E-state index in [2.05, 4.69) is 15.0 Å². The molecule has 0 aromatic carbocycles. The van der Waals surface area contributed by atoms with Crippen molar-refractivity contribution < 1.29 is 9.50 Å². The number of halogens is 3. The van der Waals surface area contributed by atoms with E-state index >= 15 is 0 Å². The van der Waals surface area contributed by atoms with Gasteiger partial charge in [0.1, 0.15) is 16.5 Å². The van der Waals surface area contributed by atoms with Crippen molar-refractivity contribution in [1.82, 2.24) is 15.0 Å². The molecule has 1 N–H and O–H groups in total. The van der Waals surface area contributed by atoms with Crippen molar-refractivity contribution >= 4 is 51.7 Å². The van der Waals surface area contributed by atoms with Crippen LogP contribution in [0.25, 0.3) is 10.9 Å². The van der Waals surface area contributed by atoms with Gasteiger partial charge in [-0.1, -0.05) is 35.0 Å². The minimum atomic E-state index is -0.709. The number of nitrogens with zero attached hydrogens (tertiary/aromatic N) is 4. The lowest BCUT2D eigenvalue weighted by atomic mass is 10.2. The molecule has 118 valence electrons.